The second kappa shape index (κ2) is 22.8. The lowest BCUT2D eigenvalue weighted by atomic mass is 9.81. The van der Waals surface area contributed by atoms with Crippen LogP contribution in [0, 0.1) is 24.6 Å². The maximum atomic E-state index is 12.8. The summed E-state index contributed by atoms with van der Waals surface area (Å²) in [6.45, 7) is 12.1. The van der Waals surface area contributed by atoms with Crippen LogP contribution in [0.15, 0.2) is 54.6 Å². The highest BCUT2D eigenvalue weighted by Gasteiger charge is 2.31. The Morgan fingerprint density at radius 3 is 2.21 bits per heavy atom. The van der Waals surface area contributed by atoms with Gasteiger partial charge in [0.05, 0.1) is 28.2 Å². The van der Waals surface area contributed by atoms with Gasteiger partial charge in [-0.1, -0.05) is 71.8 Å². The minimum atomic E-state index is -4.58. The van der Waals surface area contributed by atoms with E-state index in [-0.39, 0.29) is 18.0 Å². The number of thiol groups is 1. The first kappa shape index (κ1) is 43.4. The second-order valence-electron chi connectivity index (χ2n) is 10.2. The highest BCUT2D eigenvalue weighted by Crippen LogP contribution is 2.31. The average molecular weight is 683 g/mol. The van der Waals surface area contributed by atoms with Gasteiger partial charge in [0.15, 0.2) is 0 Å². The minimum Gasteiger partial charge on any atom is -0.481 e. The molecule has 1 fully saturated rings. The Bertz CT molecular complexity index is 1440. The highest BCUT2D eigenvalue weighted by atomic mass is 32.1. The quantitative estimate of drug-likeness (QED) is 0.124. The predicted octanol–water partition coefficient (Wildman–Crippen LogP) is 9.77. The first-order valence-electron chi connectivity index (χ1n) is 15.8. The summed E-state index contributed by atoms with van der Waals surface area (Å²) in [6, 6.07) is 8.44. The van der Waals surface area contributed by atoms with Crippen molar-refractivity contribution in [1.29, 1.82) is 0 Å². The number of nitrogens with two attached hydrogens (primary N) is 1. The van der Waals surface area contributed by atoms with Crippen molar-refractivity contribution in [3.63, 3.8) is 0 Å². The molecule has 0 bridgehead atoms. The third-order valence-electron chi connectivity index (χ3n) is 7.43. The monoisotopic (exact) mass is 682 g/mol. The van der Waals surface area contributed by atoms with Gasteiger partial charge in [-0.25, -0.2) is 9.37 Å². The lowest BCUT2D eigenvalue weighted by molar-refractivity contribution is -0.144. The van der Waals surface area contributed by atoms with E-state index in [0.717, 1.165) is 49.5 Å². The fourth-order valence-electron chi connectivity index (χ4n) is 4.92. The third-order valence-corrected chi connectivity index (χ3v) is 7.43. The van der Waals surface area contributed by atoms with Gasteiger partial charge in [0.25, 0.3) is 0 Å². The molecule has 2 aromatic carbocycles. The van der Waals surface area contributed by atoms with Gasteiger partial charge >= 0.3 is 12.1 Å². The predicted molar refractivity (Wildman–Crippen MR) is 188 cm³/mol. The standard InChI is InChI=1S/C15H16N2.C8H5F4NO.C8H14O2.2C2H6.H3NS/c1-11-16-14-10-13(8-9-15(14)17(11)2)12-6-4-3-5-7-12;9-6-3-5(8(10,11)12)1-2-7(6)13-4-14;1-6-4-2-3-5-7(6)8(9)10;3*1-2/h3-4,6,8-10H,5,7H2,1-2H3;1-4H,(H,13,14);6-7H,2-5H2,1H3,(H,9,10);2*1-2H3;2H,1H2. The van der Waals surface area contributed by atoms with E-state index in [1.165, 1.54) is 23.1 Å². The summed E-state index contributed by atoms with van der Waals surface area (Å²) < 4.78 is 51.1. The van der Waals surface area contributed by atoms with Crippen LogP contribution in [0.2, 0.25) is 0 Å². The van der Waals surface area contributed by atoms with Crippen molar-refractivity contribution < 1.29 is 32.3 Å². The molecule has 47 heavy (non-hydrogen) atoms. The largest absolute Gasteiger partial charge is 0.481 e. The van der Waals surface area contributed by atoms with Crippen LogP contribution in [-0.4, -0.2) is 27.0 Å². The maximum Gasteiger partial charge on any atom is 0.416 e. The van der Waals surface area contributed by atoms with Crippen LogP contribution in [-0.2, 0) is 22.8 Å². The van der Waals surface area contributed by atoms with Crippen molar-refractivity contribution in [3.8, 4) is 0 Å². The molecule has 4 N–H and O–H groups in total. The van der Waals surface area contributed by atoms with Crippen LogP contribution >= 0.6 is 12.8 Å². The Kier molecular flexibility index (Phi) is 21.0. The van der Waals surface area contributed by atoms with Crippen molar-refractivity contribution in [2.45, 2.75) is 86.2 Å². The second-order valence-corrected chi connectivity index (χ2v) is 10.2. The Labute approximate surface area is 281 Å². The van der Waals surface area contributed by atoms with Crippen LogP contribution in [0.4, 0.5) is 23.2 Å². The molecule has 2 atom stereocenters. The molecule has 2 aliphatic rings. The number of nitrogens with zero attached hydrogens (tertiary/aromatic N) is 2. The number of halogens is 4. The molecule has 7 nitrogen and oxygen atoms in total. The number of amides is 1. The third kappa shape index (κ3) is 13.9. The number of alkyl halides is 3. The van der Waals surface area contributed by atoms with Crippen molar-refractivity contribution in [1.82, 2.24) is 9.55 Å². The zero-order chi connectivity index (χ0) is 36.2. The number of benzene rings is 2. The smallest absolute Gasteiger partial charge is 0.416 e. The zero-order valence-corrected chi connectivity index (χ0v) is 29.3. The molecule has 0 spiro atoms. The summed E-state index contributed by atoms with van der Waals surface area (Å²) in [6.07, 6.45) is 8.74. The number of hydrogen-bond acceptors (Lipinski definition) is 5. The number of carboxylic acids is 1. The first-order valence-corrected chi connectivity index (χ1v) is 16.3. The number of carboxylic acid groups (broad SMARTS) is 1. The molecule has 0 saturated heterocycles. The van der Waals surface area contributed by atoms with Gasteiger partial charge in [-0.3, -0.25) is 14.7 Å². The van der Waals surface area contributed by atoms with Gasteiger partial charge in [-0.2, -0.15) is 13.2 Å². The maximum absolute atomic E-state index is 12.8. The number of aliphatic carboxylic acids is 1. The normalized spacial score (nSPS) is 16.4. The first-order chi connectivity index (χ1) is 22.4. The number of hydrogen-bond donors (Lipinski definition) is 4. The zero-order valence-electron chi connectivity index (χ0n) is 28.4. The number of imidazole rings is 1. The number of rotatable bonds is 4. The van der Waals surface area contributed by atoms with E-state index < -0.39 is 23.5 Å². The van der Waals surface area contributed by atoms with E-state index in [9.17, 15) is 27.2 Å². The Hall–Kier alpha value is -3.64. The molecule has 5 rings (SSSR count). The van der Waals surface area contributed by atoms with Crippen LogP contribution in [0.25, 0.3) is 16.6 Å². The molecule has 262 valence electrons. The van der Waals surface area contributed by atoms with Crippen molar-refractivity contribution >= 4 is 47.5 Å². The van der Waals surface area contributed by atoms with Gasteiger partial charge in [0.1, 0.15) is 11.6 Å². The number of carbonyl (C=O) groups excluding carboxylic acids is 1. The summed E-state index contributed by atoms with van der Waals surface area (Å²) >= 11 is 3.03. The lowest BCUT2D eigenvalue weighted by Gasteiger charge is -2.24. The molecule has 3 aromatic rings. The number of fused-ring (bicyclic) bond motifs is 1. The Balaban J connectivity index is 0.000000641. The minimum absolute atomic E-state index is 0.0613. The van der Waals surface area contributed by atoms with Gasteiger partial charge in [-0.05, 0) is 80.0 Å². The number of nitrogens with one attached hydrogen (secondary N) is 1. The molecule has 1 saturated carbocycles. The Morgan fingerprint density at radius 1 is 1.09 bits per heavy atom. The fraction of sp³-hybridized carbons (Fsp3) is 0.457. The highest BCUT2D eigenvalue weighted by molar-refractivity contribution is 7.77. The number of aromatic nitrogens is 2. The van der Waals surface area contributed by atoms with Crippen molar-refractivity contribution in [3.05, 3.63) is 77.4 Å². The SMILES string of the molecule is CC.CC.CC1CCCCC1C(=O)O.Cc1nc2cc(C3=CC=CCC3)ccc2n1C.NS.O=CNc1ccc(C(F)(F)F)cc1F. The summed E-state index contributed by atoms with van der Waals surface area (Å²) in [4.78, 5) is 25.1. The van der Waals surface area contributed by atoms with Gasteiger partial charge in [0, 0.05) is 7.05 Å². The number of allylic oxidation sites excluding steroid dienone is 4. The van der Waals surface area contributed by atoms with E-state index in [0.29, 0.717) is 18.1 Å². The number of carbonyl (C=O) groups is 2. The summed E-state index contributed by atoms with van der Waals surface area (Å²) in [7, 11) is 2.06. The molecule has 2 aliphatic carbocycles. The Morgan fingerprint density at radius 2 is 1.72 bits per heavy atom. The van der Waals surface area contributed by atoms with Gasteiger partial charge < -0.3 is 15.0 Å². The topological polar surface area (TPSA) is 110 Å². The van der Waals surface area contributed by atoms with E-state index in [1.807, 2.05) is 46.9 Å². The van der Waals surface area contributed by atoms with Crippen LogP contribution in [0.1, 0.15) is 90.1 Å². The molecule has 0 aliphatic heterocycles. The fourth-order valence-corrected chi connectivity index (χ4v) is 4.92. The summed E-state index contributed by atoms with van der Waals surface area (Å²) in [5.41, 5.74) is 3.65. The lowest BCUT2D eigenvalue weighted by Crippen LogP contribution is -2.24. The van der Waals surface area contributed by atoms with Crippen LogP contribution < -0.4 is 10.5 Å². The van der Waals surface area contributed by atoms with E-state index in [2.05, 4.69) is 71.0 Å². The van der Waals surface area contributed by atoms with Crippen LogP contribution in [0.3, 0.4) is 0 Å². The molecular formula is C35H50F4N4O3S. The summed E-state index contributed by atoms with van der Waals surface area (Å²) in [5.74, 6) is -0.325. The summed E-state index contributed by atoms with van der Waals surface area (Å²) in [5, 5.41) is 14.8. The van der Waals surface area contributed by atoms with Crippen molar-refractivity contribution in [2.75, 3.05) is 5.32 Å². The molecule has 0 radical (unpaired) electrons. The molecule has 1 amide bonds. The van der Waals surface area contributed by atoms with E-state index >= 15 is 0 Å². The van der Waals surface area contributed by atoms with Gasteiger partial charge in [-0.15, -0.1) is 12.8 Å². The number of anilines is 1. The molecule has 1 aromatic heterocycles. The molecular weight excluding hydrogens is 632 g/mol. The van der Waals surface area contributed by atoms with Crippen LogP contribution in [0.5, 0.6) is 0 Å². The molecule has 2 unspecified atom stereocenters. The van der Waals surface area contributed by atoms with E-state index in [4.69, 9.17) is 5.11 Å². The van der Waals surface area contributed by atoms with E-state index in [1.54, 1.807) is 0 Å². The van der Waals surface area contributed by atoms with Gasteiger partial charge in [0.2, 0.25) is 6.41 Å². The van der Waals surface area contributed by atoms with Crippen molar-refractivity contribution in [2.24, 2.45) is 24.0 Å². The molecule has 12 heteroatoms. The molecule has 1 heterocycles. The average Bonchev–Trinajstić information content (AvgIpc) is 3.37. The number of aryl methyl sites for hydroxylation is 2.